The summed E-state index contributed by atoms with van der Waals surface area (Å²) in [7, 11) is 1.31. The van der Waals surface area contributed by atoms with Gasteiger partial charge in [-0.15, -0.1) is 0 Å². The van der Waals surface area contributed by atoms with Crippen molar-refractivity contribution < 1.29 is 19.1 Å². The lowest BCUT2D eigenvalue weighted by molar-refractivity contribution is -0.123. The maximum Gasteiger partial charge on any atom is 0.338 e. The highest BCUT2D eigenvalue weighted by molar-refractivity contribution is 5.99. The molecule has 0 unspecified atom stereocenters. The smallest absolute Gasteiger partial charge is 0.338 e. The highest BCUT2D eigenvalue weighted by atomic mass is 16.5. The van der Waals surface area contributed by atoms with Crippen molar-refractivity contribution in [3.05, 3.63) is 64.7 Å². The fraction of sp³-hybridized carbons (Fsp3) is 0.211. The topological polar surface area (TPSA) is 77.0 Å². The summed E-state index contributed by atoms with van der Waals surface area (Å²) in [6.07, 6.45) is 1.39. The zero-order chi connectivity index (χ0) is 18.2. The first kappa shape index (κ1) is 18.2. The van der Waals surface area contributed by atoms with E-state index in [4.69, 9.17) is 9.47 Å². The number of hydrogen-bond acceptors (Lipinski definition) is 5. The van der Waals surface area contributed by atoms with Crippen molar-refractivity contribution in [2.24, 2.45) is 5.10 Å². The molecule has 130 valence electrons. The molecule has 0 radical (unpaired) electrons. The van der Waals surface area contributed by atoms with E-state index >= 15 is 0 Å². The Balaban J connectivity index is 1.92. The van der Waals surface area contributed by atoms with Gasteiger partial charge in [-0.25, -0.2) is 10.2 Å². The number of esters is 1. The van der Waals surface area contributed by atoms with E-state index in [1.807, 2.05) is 32.0 Å². The fourth-order valence-corrected chi connectivity index (χ4v) is 2.28. The Labute approximate surface area is 146 Å². The molecule has 0 aromatic heterocycles. The number of methoxy groups -OCH3 is 1. The van der Waals surface area contributed by atoms with Gasteiger partial charge in [-0.3, -0.25) is 4.79 Å². The summed E-state index contributed by atoms with van der Waals surface area (Å²) in [4.78, 5) is 23.5. The number of carbonyl (C=O) groups is 2. The number of amides is 1. The second-order valence-corrected chi connectivity index (χ2v) is 5.48. The fourth-order valence-electron chi connectivity index (χ4n) is 2.28. The number of hydrazone groups is 1. The first-order valence-electron chi connectivity index (χ1n) is 7.70. The van der Waals surface area contributed by atoms with Gasteiger partial charge < -0.3 is 9.47 Å². The first-order valence-corrected chi connectivity index (χ1v) is 7.70. The third-order valence-corrected chi connectivity index (χ3v) is 3.32. The molecule has 0 aliphatic carbocycles. The van der Waals surface area contributed by atoms with Crippen LogP contribution in [0.15, 0.2) is 47.6 Å². The number of nitrogens with one attached hydrogen (secondary N) is 1. The van der Waals surface area contributed by atoms with Gasteiger partial charge in [0.15, 0.2) is 6.61 Å². The summed E-state index contributed by atoms with van der Waals surface area (Å²) < 4.78 is 10.2. The van der Waals surface area contributed by atoms with Gasteiger partial charge in [-0.05, 0) is 43.2 Å². The molecule has 0 fully saturated rings. The van der Waals surface area contributed by atoms with Gasteiger partial charge in [0.1, 0.15) is 5.75 Å². The summed E-state index contributed by atoms with van der Waals surface area (Å²) in [5.74, 6) is -0.231. The molecule has 6 nitrogen and oxygen atoms in total. The van der Waals surface area contributed by atoms with Crippen LogP contribution in [0.2, 0.25) is 0 Å². The number of nitrogens with zero attached hydrogens (tertiary/aromatic N) is 1. The third kappa shape index (κ3) is 5.46. The van der Waals surface area contributed by atoms with E-state index < -0.39 is 11.9 Å². The van der Waals surface area contributed by atoms with Gasteiger partial charge in [0.25, 0.3) is 5.91 Å². The van der Waals surface area contributed by atoms with Crippen LogP contribution in [-0.2, 0) is 9.53 Å². The second-order valence-electron chi connectivity index (χ2n) is 5.48. The van der Waals surface area contributed by atoms with Gasteiger partial charge in [-0.2, -0.15) is 5.10 Å². The summed E-state index contributed by atoms with van der Waals surface area (Å²) in [5, 5.41) is 3.85. The van der Waals surface area contributed by atoms with Crippen molar-refractivity contribution in [3.8, 4) is 5.75 Å². The lowest BCUT2D eigenvalue weighted by Crippen LogP contribution is -2.24. The number of aryl methyl sites for hydroxylation is 2. The largest absolute Gasteiger partial charge is 0.484 e. The zero-order valence-electron chi connectivity index (χ0n) is 14.4. The molecule has 0 spiro atoms. The quantitative estimate of drug-likeness (QED) is 0.498. The van der Waals surface area contributed by atoms with E-state index in [-0.39, 0.29) is 6.61 Å². The molecule has 0 aliphatic rings. The van der Waals surface area contributed by atoms with E-state index in [9.17, 15) is 9.59 Å². The Hall–Kier alpha value is -3.15. The molecule has 2 aromatic carbocycles. The van der Waals surface area contributed by atoms with Crippen LogP contribution in [0.3, 0.4) is 0 Å². The summed E-state index contributed by atoms with van der Waals surface area (Å²) in [6.45, 7) is 3.77. The van der Waals surface area contributed by atoms with E-state index in [1.54, 1.807) is 24.3 Å². The molecule has 1 amide bonds. The average molecular weight is 340 g/mol. The second kappa shape index (κ2) is 8.63. The molecular formula is C19H20N2O4. The van der Waals surface area contributed by atoms with Gasteiger partial charge in [0.05, 0.1) is 18.9 Å². The molecule has 0 aliphatic heterocycles. The van der Waals surface area contributed by atoms with Crippen LogP contribution in [0.5, 0.6) is 5.75 Å². The van der Waals surface area contributed by atoms with Crippen LogP contribution in [0.1, 0.15) is 27.0 Å². The van der Waals surface area contributed by atoms with Crippen LogP contribution in [0.25, 0.3) is 0 Å². The number of rotatable bonds is 6. The minimum Gasteiger partial charge on any atom is -0.484 e. The number of ether oxygens (including phenoxy) is 2. The van der Waals surface area contributed by atoms with Gasteiger partial charge in [0, 0.05) is 5.56 Å². The molecule has 1 N–H and O–H groups in total. The third-order valence-electron chi connectivity index (χ3n) is 3.32. The van der Waals surface area contributed by atoms with Crippen molar-refractivity contribution in [1.29, 1.82) is 0 Å². The predicted octanol–water partition coefficient (Wildman–Crippen LogP) is 2.62. The molecule has 0 atom stereocenters. The van der Waals surface area contributed by atoms with Crippen molar-refractivity contribution in [3.63, 3.8) is 0 Å². The highest BCUT2D eigenvalue weighted by Gasteiger charge is 2.09. The van der Waals surface area contributed by atoms with Gasteiger partial charge in [0.2, 0.25) is 0 Å². The van der Waals surface area contributed by atoms with E-state index in [0.717, 1.165) is 11.1 Å². The van der Waals surface area contributed by atoms with Crippen molar-refractivity contribution in [1.82, 2.24) is 5.43 Å². The maximum atomic E-state index is 11.8. The SMILES string of the molecule is COC(=O)c1ccccc1/C=N\NC(=O)COc1cc(C)cc(C)c1. The first-order chi connectivity index (χ1) is 12.0. The van der Waals surface area contributed by atoms with Crippen molar-refractivity contribution in [2.75, 3.05) is 13.7 Å². The Morgan fingerprint density at radius 1 is 1.12 bits per heavy atom. The van der Waals surface area contributed by atoms with E-state index in [1.165, 1.54) is 13.3 Å². The highest BCUT2D eigenvalue weighted by Crippen LogP contribution is 2.15. The van der Waals surface area contributed by atoms with Crippen LogP contribution < -0.4 is 10.2 Å². The molecule has 0 saturated carbocycles. The minimum atomic E-state index is -0.466. The molecule has 0 bridgehead atoms. The van der Waals surface area contributed by atoms with Crippen molar-refractivity contribution >= 4 is 18.1 Å². The zero-order valence-corrected chi connectivity index (χ0v) is 14.4. The maximum absolute atomic E-state index is 11.8. The Kier molecular flexibility index (Phi) is 6.28. The van der Waals surface area contributed by atoms with Crippen molar-refractivity contribution in [2.45, 2.75) is 13.8 Å². The average Bonchev–Trinajstić information content (AvgIpc) is 2.59. The van der Waals surface area contributed by atoms with Gasteiger partial charge in [-0.1, -0.05) is 24.3 Å². The Bertz CT molecular complexity index is 780. The minimum absolute atomic E-state index is 0.154. The lowest BCUT2D eigenvalue weighted by Gasteiger charge is -2.07. The summed E-state index contributed by atoms with van der Waals surface area (Å²) >= 11 is 0. The molecular weight excluding hydrogens is 320 g/mol. The molecule has 0 saturated heterocycles. The molecule has 2 rings (SSSR count). The summed E-state index contributed by atoms with van der Waals surface area (Å²) in [6, 6.07) is 12.5. The number of carbonyl (C=O) groups excluding carboxylic acids is 2. The normalized spacial score (nSPS) is 10.5. The molecule has 6 heteroatoms. The van der Waals surface area contributed by atoms with E-state index in [0.29, 0.717) is 16.9 Å². The number of hydrogen-bond donors (Lipinski definition) is 1. The molecule has 25 heavy (non-hydrogen) atoms. The monoisotopic (exact) mass is 340 g/mol. The van der Waals surface area contributed by atoms with Crippen LogP contribution in [0.4, 0.5) is 0 Å². The number of benzene rings is 2. The molecule has 0 heterocycles. The van der Waals surface area contributed by atoms with Crippen LogP contribution in [-0.4, -0.2) is 31.8 Å². The van der Waals surface area contributed by atoms with Crippen LogP contribution in [0, 0.1) is 13.8 Å². The Morgan fingerprint density at radius 3 is 2.48 bits per heavy atom. The molecule has 2 aromatic rings. The Morgan fingerprint density at radius 2 is 1.80 bits per heavy atom. The standard InChI is InChI=1S/C19H20N2O4/c1-13-8-14(2)10-16(9-13)25-12-18(22)21-20-11-15-6-4-5-7-17(15)19(23)24-3/h4-11H,12H2,1-3H3,(H,21,22)/b20-11-. The predicted molar refractivity (Wildman–Crippen MR) is 94.9 cm³/mol. The lowest BCUT2D eigenvalue weighted by atomic mass is 10.1. The van der Waals surface area contributed by atoms with Crippen LogP contribution >= 0.6 is 0 Å². The van der Waals surface area contributed by atoms with E-state index in [2.05, 4.69) is 10.5 Å². The summed E-state index contributed by atoms with van der Waals surface area (Å²) in [5.41, 5.74) is 5.41. The van der Waals surface area contributed by atoms with Gasteiger partial charge >= 0.3 is 5.97 Å².